The Morgan fingerprint density at radius 3 is 2.80 bits per heavy atom. The van der Waals surface area contributed by atoms with Crippen molar-refractivity contribution in [3.8, 4) is 11.4 Å². The topological polar surface area (TPSA) is 38.0 Å². The van der Waals surface area contributed by atoms with Gasteiger partial charge >= 0.3 is 0 Å². The third kappa shape index (κ3) is 1.41. The van der Waals surface area contributed by atoms with E-state index in [0.29, 0.717) is 0 Å². The first-order valence-corrected chi connectivity index (χ1v) is 5.93. The number of thioether (sulfide) groups is 1. The van der Waals surface area contributed by atoms with Gasteiger partial charge < -0.3 is 5.11 Å². The Labute approximate surface area is 91.7 Å². The molecule has 0 atom stereocenters. The zero-order valence-corrected chi connectivity index (χ0v) is 8.87. The highest BCUT2D eigenvalue weighted by molar-refractivity contribution is 7.98. The molecule has 0 amide bonds. The molecule has 0 saturated heterocycles. The Morgan fingerprint density at radius 2 is 2.00 bits per heavy atom. The van der Waals surface area contributed by atoms with Crippen LogP contribution in [0.5, 0.6) is 5.75 Å². The largest absolute Gasteiger partial charge is 0.508 e. The van der Waals surface area contributed by atoms with Crippen LogP contribution in [-0.2, 0) is 11.5 Å². The average molecular weight is 218 g/mol. The van der Waals surface area contributed by atoms with Gasteiger partial charge in [0.05, 0.1) is 17.6 Å². The molecular weight excluding hydrogens is 208 g/mol. The van der Waals surface area contributed by atoms with Crippen molar-refractivity contribution in [1.82, 2.24) is 9.78 Å². The van der Waals surface area contributed by atoms with Gasteiger partial charge in [0.25, 0.3) is 0 Å². The summed E-state index contributed by atoms with van der Waals surface area (Å²) in [4.78, 5) is 0. The van der Waals surface area contributed by atoms with Crippen LogP contribution in [0.1, 0.15) is 11.3 Å². The molecule has 0 aliphatic carbocycles. The van der Waals surface area contributed by atoms with E-state index in [1.807, 2.05) is 34.8 Å². The van der Waals surface area contributed by atoms with Crippen molar-refractivity contribution >= 4 is 11.8 Å². The molecule has 1 aromatic carbocycles. The summed E-state index contributed by atoms with van der Waals surface area (Å²) in [7, 11) is 0. The molecule has 3 rings (SSSR count). The Bertz CT molecular complexity index is 490. The first kappa shape index (κ1) is 8.85. The van der Waals surface area contributed by atoms with E-state index in [4.69, 9.17) is 0 Å². The minimum Gasteiger partial charge on any atom is -0.508 e. The second-order valence-electron chi connectivity index (χ2n) is 3.54. The first-order chi connectivity index (χ1) is 7.34. The third-order valence-electron chi connectivity index (χ3n) is 2.55. The van der Waals surface area contributed by atoms with Crippen molar-refractivity contribution in [2.24, 2.45) is 0 Å². The van der Waals surface area contributed by atoms with Crippen molar-refractivity contribution in [2.75, 3.05) is 0 Å². The molecule has 4 heteroatoms. The van der Waals surface area contributed by atoms with E-state index in [9.17, 15) is 5.11 Å². The minimum absolute atomic E-state index is 0.289. The summed E-state index contributed by atoms with van der Waals surface area (Å²) in [5.74, 6) is 2.38. The lowest BCUT2D eigenvalue weighted by molar-refractivity contribution is 0.475. The highest BCUT2D eigenvalue weighted by atomic mass is 32.2. The molecule has 2 heterocycles. The molecule has 1 aliphatic rings. The fourth-order valence-corrected chi connectivity index (χ4v) is 2.82. The van der Waals surface area contributed by atoms with Gasteiger partial charge in [-0.25, -0.2) is 4.68 Å². The van der Waals surface area contributed by atoms with Crippen LogP contribution in [0.4, 0.5) is 0 Å². The Hall–Kier alpha value is -1.42. The normalized spacial score (nSPS) is 14.1. The summed E-state index contributed by atoms with van der Waals surface area (Å²) >= 11 is 1.91. The summed E-state index contributed by atoms with van der Waals surface area (Å²) in [6.45, 7) is 0. The van der Waals surface area contributed by atoms with Gasteiger partial charge in [0.2, 0.25) is 0 Å². The van der Waals surface area contributed by atoms with Crippen LogP contribution in [0.25, 0.3) is 5.69 Å². The van der Waals surface area contributed by atoms with E-state index in [-0.39, 0.29) is 5.75 Å². The quantitative estimate of drug-likeness (QED) is 0.798. The van der Waals surface area contributed by atoms with E-state index in [0.717, 1.165) is 17.2 Å². The second-order valence-corrected chi connectivity index (χ2v) is 4.52. The molecule has 2 aromatic rings. The van der Waals surface area contributed by atoms with Gasteiger partial charge in [-0.2, -0.15) is 16.9 Å². The number of aromatic hydroxyl groups is 1. The molecular formula is C11H10N2OS. The maximum atomic E-state index is 9.21. The number of aromatic nitrogens is 2. The van der Waals surface area contributed by atoms with Crippen molar-refractivity contribution in [3.63, 3.8) is 0 Å². The molecule has 0 spiro atoms. The SMILES string of the molecule is Oc1ccc(-n2ncc3c2CSC3)cc1. The van der Waals surface area contributed by atoms with Crippen LogP contribution >= 0.6 is 11.8 Å². The number of benzene rings is 1. The van der Waals surface area contributed by atoms with Crippen LogP contribution in [0.2, 0.25) is 0 Å². The van der Waals surface area contributed by atoms with Gasteiger partial charge in [0, 0.05) is 17.1 Å². The van der Waals surface area contributed by atoms with E-state index in [2.05, 4.69) is 5.10 Å². The zero-order chi connectivity index (χ0) is 10.3. The monoisotopic (exact) mass is 218 g/mol. The van der Waals surface area contributed by atoms with E-state index in [1.54, 1.807) is 12.1 Å². The lowest BCUT2D eigenvalue weighted by atomic mass is 10.2. The Kier molecular flexibility index (Phi) is 1.95. The van der Waals surface area contributed by atoms with Gasteiger partial charge in [-0.1, -0.05) is 0 Å². The molecule has 1 N–H and O–H groups in total. The van der Waals surface area contributed by atoms with Crippen LogP contribution < -0.4 is 0 Å². The van der Waals surface area contributed by atoms with Gasteiger partial charge in [-0.3, -0.25) is 0 Å². The molecule has 76 valence electrons. The number of phenolic OH excluding ortho intramolecular Hbond substituents is 1. The number of phenols is 1. The highest BCUT2D eigenvalue weighted by Crippen LogP contribution is 2.31. The molecule has 1 aromatic heterocycles. The standard InChI is InChI=1S/C11H10N2OS/c14-10-3-1-9(2-4-10)13-11-7-15-6-8(11)5-12-13/h1-5,14H,6-7H2. The van der Waals surface area contributed by atoms with Crippen molar-refractivity contribution in [2.45, 2.75) is 11.5 Å². The first-order valence-electron chi connectivity index (χ1n) is 4.77. The van der Waals surface area contributed by atoms with Crippen LogP contribution in [0.15, 0.2) is 30.5 Å². The Balaban J connectivity index is 2.09. The third-order valence-corrected chi connectivity index (χ3v) is 3.54. The van der Waals surface area contributed by atoms with Crippen LogP contribution in [-0.4, -0.2) is 14.9 Å². The molecule has 0 fully saturated rings. The van der Waals surface area contributed by atoms with Crippen LogP contribution in [0.3, 0.4) is 0 Å². The van der Waals surface area contributed by atoms with E-state index < -0.39 is 0 Å². The molecule has 0 saturated carbocycles. The fraction of sp³-hybridized carbons (Fsp3) is 0.182. The van der Waals surface area contributed by atoms with Gasteiger partial charge in [-0.05, 0) is 24.3 Å². The van der Waals surface area contributed by atoms with Gasteiger partial charge in [-0.15, -0.1) is 0 Å². The maximum Gasteiger partial charge on any atom is 0.115 e. The molecule has 1 aliphatic heterocycles. The van der Waals surface area contributed by atoms with E-state index in [1.165, 1.54) is 11.3 Å². The zero-order valence-electron chi connectivity index (χ0n) is 8.05. The maximum absolute atomic E-state index is 9.21. The predicted molar refractivity (Wildman–Crippen MR) is 60.2 cm³/mol. The molecule has 3 nitrogen and oxygen atoms in total. The Morgan fingerprint density at radius 1 is 1.20 bits per heavy atom. The number of hydrogen-bond donors (Lipinski definition) is 1. The predicted octanol–water partition coefficient (Wildman–Crippen LogP) is 2.32. The molecule has 0 radical (unpaired) electrons. The minimum atomic E-state index is 0.289. The summed E-state index contributed by atoms with van der Waals surface area (Å²) < 4.78 is 1.95. The van der Waals surface area contributed by atoms with Gasteiger partial charge in [0.15, 0.2) is 0 Å². The number of nitrogens with zero attached hydrogens (tertiary/aromatic N) is 2. The highest BCUT2D eigenvalue weighted by Gasteiger charge is 2.17. The summed E-state index contributed by atoms with van der Waals surface area (Å²) in [6, 6.07) is 7.13. The molecule has 0 bridgehead atoms. The van der Waals surface area contributed by atoms with Crippen molar-refractivity contribution in [1.29, 1.82) is 0 Å². The van der Waals surface area contributed by atoms with Crippen molar-refractivity contribution < 1.29 is 5.11 Å². The summed E-state index contributed by atoms with van der Waals surface area (Å²) in [5.41, 5.74) is 3.62. The number of rotatable bonds is 1. The molecule has 0 unspecified atom stereocenters. The summed E-state index contributed by atoms with van der Waals surface area (Å²) in [5, 5.41) is 13.6. The summed E-state index contributed by atoms with van der Waals surface area (Å²) in [6.07, 6.45) is 1.93. The smallest absolute Gasteiger partial charge is 0.115 e. The lowest BCUT2D eigenvalue weighted by Gasteiger charge is -2.04. The van der Waals surface area contributed by atoms with Crippen LogP contribution in [0, 0.1) is 0 Å². The van der Waals surface area contributed by atoms with Gasteiger partial charge in [0.1, 0.15) is 5.75 Å². The average Bonchev–Trinajstić information content (AvgIpc) is 2.80. The lowest BCUT2D eigenvalue weighted by Crippen LogP contribution is -1.99. The fourth-order valence-electron chi connectivity index (χ4n) is 1.76. The second kappa shape index (κ2) is 3.31. The van der Waals surface area contributed by atoms with Crippen molar-refractivity contribution in [3.05, 3.63) is 41.7 Å². The number of hydrogen-bond acceptors (Lipinski definition) is 3. The number of fused-ring (bicyclic) bond motifs is 1. The molecule has 15 heavy (non-hydrogen) atoms. The van der Waals surface area contributed by atoms with E-state index >= 15 is 0 Å².